The first-order valence-corrected chi connectivity index (χ1v) is 9.70. The number of halogens is 2. The maximum atomic E-state index is 13.7. The van der Waals surface area contributed by atoms with Gasteiger partial charge >= 0.3 is 0 Å². The van der Waals surface area contributed by atoms with Gasteiger partial charge < -0.3 is 4.90 Å². The lowest BCUT2D eigenvalue weighted by atomic mass is 10.0. The maximum absolute atomic E-state index is 13.7. The highest BCUT2D eigenvalue weighted by atomic mass is 19.2. The molecule has 1 aromatic heterocycles. The number of nitrogens with zero attached hydrogens (tertiary/aromatic N) is 4. The first kappa shape index (κ1) is 19.8. The molecule has 0 fully saturated rings. The molecule has 0 radical (unpaired) electrons. The number of rotatable bonds is 6. The second-order valence-electron chi connectivity index (χ2n) is 7.35. The number of aromatic nitrogens is 4. The summed E-state index contributed by atoms with van der Waals surface area (Å²) in [5.41, 5.74) is 3.68. The summed E-state index contributed by atoms with van der Waals surface area (Å²) in [5, 5.41) is 12.5. The average molecular weight is 406 g/mol. The third-order valence-corrected chi connectivity index (χ3v) is 5.19. The van der Waals surface area contributed by atoms with Crippen LogP contribution in [0.3, 0.4) is 0 Å². The summed E-state index contributed by atoms with van der Waals surface area (Å²) in [6, 6.07) is 21.6. The Hall–Kier alpha value is -3.45. The number of nitrogens with one attached hydrogen (secondary N) is 1. The van der Waals surface area contributed by atoms with Gasteiger partial charge in [0.05, 0.1) is 12.7 Å². The van der Waals surface area contributed by atoms with Crippen LogP contribution in [-0.2, 0) is 6.54 Å². The fraction of sp³-hybridized carbons (Fsp3) is 0.174. The fourth-order valence-electron chi connectivity index (χ4n) is 3.72. The van der Waals surface area contributed by atoms with E-state index in [-0.39, 0.29) is 6.04 Å². The first-order chi connectivity index (χ1) is 14.5. The van der Waals surface area contributed by atoms with Gasteiger partial charge in [-0.15, -0.1) is 5.10 Å². The molecule has 7 heteroatoms. The minimum atomic E-state index is -0.848. The molecule has 152 valence electrons. The number of tetrazole rings is 1. The number of aryl methyl sites for hydroxylation is 1. The van der Waals surface area contributed by atoms with Gasteiger partial charge in [-0.1, -0.05) is 54.6 Å². The van der Waals surface area contributed by atoms with Crippen molar-refractivity contribution < 1.29 is 13.7 Å². The molecule has 2 atom stereocenters. The van der Waals surface area contributed by atoms with E-state index in [0.717, 1.165) is 27.8 Å². The van der Waals surface area contributed by atoms with Crippen LogP contribution in [0.2, 0.25) is 0 Å². The van der Waals surface area contributed by atoms with Gasteiger partial charge in [0.1, 0.15) is 6.54 Å². The van der Waals surface area contributed by atoms with E-state index in [9.17, 15) is 8.78 Å². The van der Waals surface area contributed by atoms with Gasteiger partial charge in [0.2, 0.25) is 5.82 Å². The SMILES string of the molecule is Cc1ccccc1-n1nnnc1[C@H](c1ccccc1)[NH+](C)Cc1ccc(F)c(F)c1. The standard InChI is InChI=1S/C23H21F2N5/c1-16-8-6-7-11-21(16)30-23(26-27-28-30)22(18-9-4-3-5-10-18)29(2)15-17-12-13-19(24)20(25)14-17/h3-14,22H,15H2,1-2H3/p+1/t22-/m0/s1. The lowest BCUT2D eigenvalue weighted by Crippen LogP contribution is -3.08. The molecule has 0 bridgehead atoms. The van der Waals surface area contributed by atoms with Crippen molar-refractivity contribution >= 4 is 0 Å². The minimum absolute atomic E-state index is 0.214. The van der Waals surface area contributed by atoms with Crippen LogP contribution in [0.4, 0.5) is 8.78 Å². The van der Waals surface area contributed by atoms with Crippen LogP contribution >= 0.6 is 0 Å². The smallest absolute Gasteiger partial charge is 0.218 e. The van der Waals surface area contributed by atoms with Crippen LogP contribution in [-0.4, -0.2) is 27.3 Å². The predicted molar refractivity (Wildman–Crippen MR) is 109 cm³/mol. The average Bonchev–Trinajstić information content (AvgIpc) is 3.21. The zero-order chi connectivity index (χ0) is 21.1. The van der Waals surface area contributed by atoms with Gasteiger partial charge in [-0.05, 0) is 41.1 Å². The molecule has 0 spiro atoms. The summed E-state index contributed by atoms with van der Waals surface area (Å²) >= 11 is 0. The fourth-order valence-corrected chi connectivity index (χ4v) is 3.72. The van der Waals surface area contributed by atoms with Gasteiger partial charge in [-0.2, -0.15) is 4.68 Å². The third kappa shape index (κ3) is 3.97. The Morgan fingerprint density at radius 2 is 1.67 bits per heavy atom. The molecular weight excluding hydrogens is 384 g/mol. The van der Waals surface area contributed by atoms with Crippen LogP contribution in [0.25, 0.3) is 5.69 Å². The Morgan fingerprint density at radius 1 is 0.933 bits per heavy atom. The molecule has 4 aromatic rings. The Morgan fingerprint density at radius 3 is 2.40 bits per heavy atom. The Bertz CT molecular complexity index is 1140. The summed E-state index contributed by atoms with van der Waals surface area (Å²) in [5.74, 6) is -1.02. The number of hydrogen-bond acceptors (Lipinski definition) is 3. The van der Waals surface area contributed by atoms with E-state index in [1.165, 1.54) is 6.07 Å². The van der Waals surface area contributed by atoms with E-state index < -0.39 is 11.6 Å². The molecule has 1 N–H and O–H groups in total. The highest BCUT2D eigenvalue weighted by molar-refractivity contribution is 5.40. The summed E-state index contributed by atoms with van der Waals surface area (Å²) in [6.45, 7) is 2.48. The van der Waals surface area contributed by atoms with Gasteiger partial charge in [0.15, 0.2) is 17.7 Å². The molecule has 30 heavy (non-hydrogen) atoms. The topological polar surface area (TPSA) is 48.0 Å². The molecule has 4 rings (SSSR count). The van der Waals surface area contributed by atoms with E-state index in [0.29, 0.717) is 17.9 Å². The summed E-state index contributed by atoms with van der Waals surface area (Å²) < 4.78 is 28.8. The normalized spacial score (nSPS) is 13.2. The monoisotopic (exact) mass is 406 g/mol. The number of hydrogen-bond donors (Lipinski definition) is 1. The Kier molecular flexibility index (Phi) is 5.63. The Balaban J connectivity index is 1.76. The van der Waals surface area contributed by atoms with Crippen molar-refractivity contribution in [3.63, 3.8) is 0 Å². The number of quaternary nitrogens is 1. The molecule has 0 aliphatic rings. The van der Waals surface area contributed by atoms with Crippen molar-refractivity contribution in [1.29, 1.82) is 0 Å². The lowest BCUT2D eigenvalue weighted by molar-refractivity contribution is -0.920. The molecule has 0 saturated carbocycles. The van der Waals surface area contributed by atoms with Crippen molar-refractivity contribution in [3.8, 4) is 5.69 Å². The maximum Gasteiger partial charge on any atom is 0.218 e. The molecule has 3 aromatic carbocycles. The molecule has 0 aliphatic carbocycles. The molecule has 1 heterocycles. The van der Waals surface area contributed by atoms with Gasteiger partial charge in [-0.25, -0.2) is 8.78 Å². The zero-order valence-corrected chi connectivity index (χ0v) is 16.8. The van der Waals surface area contributed by atoms with Crippen LogP contribution in [0.5, 0.6) is 0 Å². The van der Waals surface area contributed by atoms with Crippen LogP contribution in [0, 0.1) is 18.6 Å². The van der Waals surface area contributed by atoms with Crippen molar-refractivity contribution in [3.05, 3.63) is 107 Å². The highest BCUT2D eigenvalue weighted by Crippen LogP contribution is 2.21. The first-order valence-electron chi connectivity index (χ1n) is 9.70. The second-order valence-corrected chi connectivity index (χ2v) is 7.35. The number of para-hydroxylation sites is 1. The van der Waals surface area contributed by atoms with E-state index in [4.69, 9.17) is 0 Å². The largest absolute Gasteiger partial charge is 0.321 e. The summed E-state index contributed by atoms with van der Waals surface area (Å²) in [6.07, 6.45) is 0. The minimum Gasteiger partial charge on any atom is -0.321 e. The van der Waals surface area contributed by atoms with Crippen molar-refractivity contribution in [1.82, 2.24) is 20.2 Å². The summed E-state index contributed by atoms with van der Waals surface area (Å²) in [7, 11) is 2.00. The molecule has 1 unspecified atom stereocenters. The van der Waals surface area contributed by atoms with E-state index in [1.54, 1.807) is 10.7 Å². The van der Waals surface area contributed by atoms with Gasteiger partial charge in [0, 0.05) is 11.1 Å². The van der Waals surface area contributed by atoms with Crippen molar-refractivity contribution in [2.75, 3.05) is 7.05 Å². The quantitative estimate of drug-likeness (QED) is 0.536. The van der Waals surface area contributed by atoms with Gasteiger partial charge in [0.25, 0.3) is 0 Å². The Labute approximate surface area is 173 Å². The summed E-state index contributed by atoms with van der Waals surface area (Å²) in [4.78, 5) is 1.02. The second kappa shape index (κ2) is 8.51. The highest BCUT2D eigenvalue weighted by Gasteiger charge is 2.30. The molecular formula is C23H22F2N5+. The van der Waals surface area contributed by atoms with Crippen LogP contribution < -0.4 is 4.90 Å². The number of benzene rings is 3. The van der Waals surface area contributed by atoms with Crippen molar-refractivity contribution in [2.24, 2.45) is 0 Å². The molecule has 0 amide bonds. The van der Waals surface area contributed by atoms with Crippen molar-refractivity contribution in [2.45, 2.75) is 19.5 Å². The van der Waals surface area contributed by atoms with E-state index in [2.05, 4.69) is 15.5 Å². The van der Waals surface area contributed by atoms with E-state index in [1.807, 2.05) is 68.6 Å². The molecule has 0 saturated heterocycles. The van der Waals surface area contributed by atoms with Crippen LogP contribution in [0.1, 0.15) is 28.6 Å². The lowest BCUT2D eigenvalue weighted by Gasteiger charge is -2.25. The van der Waals surface area contributed by atoms with E-state index >= 15 is 0 Å². The molecule has 5 nitrogen and oxygen atoms in total. The third-order valence-electron chi connectivity index (χ3n) is 5.19. The molecule has 0 aliphatic heterocycles. The van der Waals surface area contributed by atoms with Gasteiger partial charge in [-0.3, -0.25) is 0 Å². The predicted octanol–water partition coefficient (Wildman–Crippen LogP) is 3.05. The zero-order valence-electron chi connectivity index (χ0n) is 16.8. The van der Waals surface area contributed by atoms with Crippen LogP contribution in [0.15, 0.2) is 72.8 Å².